The molecule has 0 bridgehead atoms. The lowest BCUT2D eigenvalue weighted by Crippen LogP contribution is -1.74. The van der Waals surface area contributed by atoms with Crippen molar-refractivity contribution in [1.82, 2.24) is 4.98 Å². The van der Waals surface area contributed by atoms with Crippen molar-refractivity contribution in [2.45, 2.75) is 0 Å². The Kier molecular flexibility index (Phi) is 0.964. The van der Waals surface area contributed by atoms with E-state index in [2.05, 4.69) is 9.40 Å². The maximum Gasteiger partial charge on any atom is 0.386 e. The number of oxazole rings is 1. The van der Waals surface area contributed by atoms with Crippen molar-refractivity contribution >= 4 is 0 Å². The molecule has 5 heteroatoms. The molecule has 1 aromatic rings. The predicted molar refractivity (Wildman–Crippen MR) is 16.4 cm³/mol. The molecule has 44 valence electrons. The fourth-order valence-corrected chi connectivity index (χ4v) is 0.260. The highest BCUT2D eigenvalue weighted by Gasteiger charge is 2.09. The Bertz CT molecular complexity index is 177. The molecule has 0 saturated heterocycles. The van der Waals surface area contributed by atoms with Crippen LogP contribution >= 0.6 is 0 Å². The van der Waals surface area contributed by atoms with Gasteiger partial charge in [0.2, 0.25) is 0 Å². The van der Waals surface area contributed by atoms with E-state index in [1.807, 2.05) is 0 Å². The molecule has 0 aromatic carbocycles. The highest BCUT2D eigenvalue weighted by Crippen LogP contribution is 2.03. The van der Waals surface area contributed by atoms with E-state index in [1.165, 1.54) is 0 Å². The van der Waals surface area contributed by atoms with Crippen LogP contribution in [0.5, 0.6) is 0 Å². The van der Waals surface area contributed by atoms with E-state index >= 15 is 0 Å². The van der Waals surface area contributed by atoms with E-state index < -0.39 is 18.1 Å². The molecule has 1 aromatic heterocycles. The first-order valence-electron chi connectivity index (χ1n) is 1.67. The Morgan fingerprint density at radius 3 is 2.00 bits per heavy atom. The van der Waals surface area contributed by atoms with Gasteiger partial charge in [0.1, 0.15) is 0 Å². The van der Waals surface area contributed by atoms with Gasteiger partial charge >= 0.3 is 12.2 Å². The van der Waals surface area contributed by atoms with Crippen LogP contribution in [0.3, 0.4) is 0 Å². The molecule has 0 saturated carbocycles. The van der Waals surface area contributed by atoms with Gasteiger partial charge in [0.25, 0.3) is 5.95 Å². The van der Waals surface area contributed by atoms with Crippen LogP contribution in [0.2, 0.25) is 0 Å². The number of hydrogen-bond donors (Lipinski definition) is 0. The van der Waals surface area contributed by atoms with Crippen molar-refractivity contribution in [2.24, 2.45) is 0 Å². The SMILES string of the molecule is Fc1nc(F)c(F)o1. The summed E-state index contributed by atoms with van der Waals surface area (Å²) < 4.78 is 37.8. The van der Waals surface area contributed by atoms with E-state index in [4.69, 9.17) is 0 Å². The van der Waals surface area contributed by atoms with Gasteiger partial charge < -0.3 is 4.42 Å². The summed E-state index contributed by atoms with van der Waals surface area (Å²) >= 11 is 0. The summed E-state index contributed by atoms with van der Waals surface area (Å²) in [7, 11) is 0. The van der Waals surface area contributed by atoms with E-state index in [0.29, 0.717) is 0 Å². The van der Waals surface area contributed by atoms with Crippen molar-refractivity contribution in [3.63, 3.8) is 0 Å². The third kappa shape index (κ3) is 0.661. The van der Waals surface area contributed by atoms with Gasteiger partial charge in [-0.3, -0.25) is 0 Å². The van der Waals surface area contributed by atoms with E-state index in [1.54, 1.807) is 0 Å². The van der Waals surface area contributed by atoms with Crippen LogP contribution < -0.4 is 0 Å². The minimum Gasteiger partial charge on any atom is -0.385 e. The number of rotatable bonds is 0. The number of halogens is 3. The van der Waals surface area contributed by atoms with Gasteiger partial charge in [0.05, 0.1) is 0 Å². The summed E-state index contributed by atoms with van der Waals surface area (Å²) in [4.78, 5) is 2.34. The monoisotopic (exact) mass is 123 g/mol. The summed E-state index contributed by atoms with van der Waals surface area (Å²) in [5, 5.41) is 0. The van der Waals surface area contributed by atoms with Crippen molar-refractivity contribution in [2.75, 3.05) is 0 Å². The minimum atomic E-state index is -1.62. The average Bonchev–Trinajstić information content (AvgIpc) is 1.85. The van der Waals surface area contributed by atoms with E-state index in [9.17, 15) is 13.2 Å². The molecule has 0 fully saturated rings. The van der Waals surface area contributed by atoms with Crippen LogP contribution in [0.15, 0.2) is 4.42 Å². The fraction of sp³-hybridized carbons (Fsp3) is 0. The Morgan fingerprint density at radius 1 is 1.25 bits per heavy atom. The standard InChI is InChI=1S/C3F3NO/c4-1-2(5)8-3(6)7-1. The largest absolute Gasteiger partial charge is 0.386 e. The lowest BCUT2D eigenvalue weighted by Gasteiger charge is -1.67. The van der Waals surface area contributed by atoms with Gasteiger partial charge in [-0.1, -0.05) is 0 Å². The van der Waals surface area contributed by atoms with Crippen LogP contribution in [-0.4, -0.2) is 4.98 Å². The van der Waals surface area contributed by atoms with Gasteiger partial charge in [-0.2, -0.15) is 13.8 Å². The van der Waals surface area contributed by atoms with Crippen LogP contribution in [0.4, 0.5) is 13.2 Å². The van der Waals surface area contributed by atoms with Gasteiger partial charge in [0.15, 0.2) is 0 Å². The van der Waals surface area contributed by atoms with Gasteiger partial charge in [0, 0.05) is 0 Å². The molecular weight excluding hydrogens is 123 g/mol. The molecule has 0 N–H and O–H groups in total. The maximum absolute atomic E-state index is 11.5. The van der Waals surface area contributed by atoms with Crippen LogP contribution in [0.25, 0.3) is 0 Å². The van der Waals surface area contributed by atoms with Crippen LogP contribution in [0, 0.1) is 18.1 Å². The Labute approximate surface area is 41.9 Å². The summed E-state index contributed by atoms with van der Waals surface area (Å²) in [5.41, 5.74) is 0. The van der Waals surface area contributed by atoms with Crippen molar-refractivity contribution in [1.29, 1.82) is 0 Å². The molecular formula is C3F3NO. The second-order valence-corrected chi connectivity index (χ2v) is 1.03. The third-order valence-corrected chi connectivity index (χ3v) is 0.522. The normalized spacial score (nSPS) is 9.88. The highest BCUT2D eigenvalue weighted by molar-refractivity contribution is 4.72. The average molecular weight is 123 g/mol. The Hall–Kier alpha value is -1.00. The van der Waals surface area contributed by atoms with E-state index in [0.717, 1.165) is 0 Å². The minimum absolute atomic E-state index is 1.50. The lowest BCUT2D eigenvalue weighted by atomic mass is 10.9. The van der Waals surface area contributed by atoms with Gasteiger partial charge in [-0.25, -0.2) is 0 Å². The van der Waals surface area contributed by atoms with Crippen molar-refractivity contribution in [3.05, 3.63) is 18.1 Å². The number of aromatic nitrogens is 1. The molecule has 0 spiro atoms. The quantitative estimate of drug-likeness (QED) is 0.516. The smallest absolute Gasteiger partial charge is 0.385 e. The summed E-state index contributed by atoms with van der Waals surface area (Å²) in [6, 6.07) is -1.62. The molecule has 0 radical (unpaired) electrons. The van der Waals surface area contributed by atoms with Crippen molar-refractivity contribution < 1.29 is 17.6 Å². The molecule has 0 aliphatic rings. The fourth-order valence-electron chi connectivity index (χ4n) is 0.260. The first kappa shape index (κ1) is 5.14. The third-order valence-electron chi connectivity index (χ3n) is 0.522. The van der Waals surface area contributed by atoms with Crippen molar-refractivity contribution in [3.8, 4) is 0 Å². The zero-order chi connectivity index (χ0) is 6.15. The zero-order valence-corrected chi connectivity index (χ0v) is 3.49. The molecule has 0 atom stereocenters. The van der Waals surface area contributed by atoms with Gasteiger partial charge in [-0.05, 0) is 0 Å². The molecule has 0 aliphatic heterocycles. The molecule has 1 rings (SSSR count). The topological polar surface area (TPSA) is 26.0 Å². The molecule has 8 heavy (non-hydrogen) atoms. The number of nitrogens with zero attached hydrogens (tertiary/aromatic N) is 1. The maximum atomic E-state index is 11.5. The Balaban J connectivity index is 3.14. The molecule has 1 heterocycles. The molecule has 2 nitrogen and oxygen atoms in total. The predicted octanol–water partition coefficient (Wildman–Crippen LogP) is 1.09. The highest BCUT2D eigenvalue weighted by atomic mass is 19.2. The first-order chi connectivity index (χ1) is 3.70. The van der Waals surface area contributed by atoms with E-state index in [-0.39, 0.29) is 0 Å². The summed E-state index contributed by atoms with van der Waals surface area (Å²) in [6.07, 6.45) is -1.50. The first-order valence-corrected chi connectivity index (χ1v) is 1.67. The Morgan fingerprint density at radius 2 is 1.88 bits per heavy atom. The number of hydrogen-bond acceptors (Lipinski definition) is 2. The van der Waals surface area contributed by atoms with Crippen LogP contribution in [0.1, 0.15) is 0 Å². The van der Waals surface area contributed by atoms with Crippen LogP contribution in [-0.2, 0) is 0 Å². The summed E-state index contributed by atoms with van der Waals surface area (Å²) in [5.74, 6) is -1.55. The summed E-state index contributed by atoms with van der Waals surface area (Å²) in [6.45, 7) is 0. The molecule has 0 amide bonds. The second kappa shape index (κ2) is 1.50. The molecule has 0 aliphatic carbocycles. The lowest BCUT2D eigenvalue weighted by molar-refractivity contribution is 0.249. The zero-order valence-electron chi connectivity index (χ0n) is 3.49. The second-order valence-electron chi connectivity index (χ2n) is 1.03. The van der Waals surface area contributed by atoms with Gasteiger partial charge in [-0.15, -0.1) is 4.39 Å². The molecule has 0 unspecified atom stereocenters.